The SMILES string of the molecule is NCC1CCCC1C(=O)N1CCC(C(N)=O)CC1. The summed E-state index contributed by atoms with van der Waals surface area (Å²) in [7, 11) is 0. The molecule has 1 saturated heterocycles. The standard InChI is InChI=1S/C13H23N3O2/c14-8-10-2-1-3-11(10)13(18)16-6-4-9(5-7-16)12(15)17/h9-11H,1-8,14H2,(H2,15,17). The number of primary amides is 1. The molecule has 2 aliphatic rings. The lowest BCUT2D eigenvalue weighted by Gasteiger charge is -2.33. The van der Waals surface area contributed by atoms with E-state index in [9.17, 15) is 9.59 Å². The summed E-state index contributed by atoms with van der Waals surface area (Å²) in [4.78, 5) is 25.4. The van der Waals surface area contributed by atoms with Gasteiger partial charge in [-0.25, -0.2) is 0 Å². The maximum absolute atomic E-state index is 12.4. The molecule has 0 aromatic rings. The van der Waals surface area contributed by atoms with Crippen LogP contribution in [0.4, 0.5) is 0 Å². The molecule has 5 nitrogen and oxygen atoms in total. The van der Waals surface area contributed by atoms with Gasteiger partial charge in [-0.3, -0.25) is 9.59 Å². The van der Waals surface area contributed by atoms with E-state index >= 15 is 0 Å². The number of piperidine rings is 1. The highest BCUT2D eigenvalue weighted by Gasteiger charge is 2.36. The van der Waals surface area contributed by atoms with Gasteiger partial charge in [-0.2, -0.15) is 0 Å². The van der Waals surface area contributed by atoms with E-state index in [1.807, 2.05) is 4.90 Å². The van der Waals surface area contributed by atoms with Gasteiger partial charge in [0.15, 0.2) is 0 Å². The highest BCUT2D eigenvalue weighted by Crippen LogP contribution is 2.33. The van der Waals surface area contributed by atoms with Gasteiger partial charge in [-0.1, -0.05) is 6.42 Å². The van der Waals surface area contributed by atoms with Crippen molar-refractivity contribution < 1.29 is 9.59 Å². The predicted octanol–water partition coefficient (Wildman–Crippen LogP) is 0.0853. The summed E-state index contributed by atoms with van der Waals surface area (Å²) in [5.74, 6) is 0.420. The van der Waals surface area contributed by atoms with Crippen LogP contribution < -0.4 is 11.5 Å². The van der Waals surface area contributed by atoms with Crippen molar-refractivity contribution in [3.05, 3.63) is 0 Å². The molecule has 0 aromatic heterocycles. The second-order valence-electron chi connectivity index (χ2n) is 5.54. The van der Waals surface area contributed by atoms with Crippen LogP contribution in [0.3, 0.4) is 0 Å². The largest absolute Gasteiger partial charge is 0.369 e. The third-order valence-electron chi connectivity index (χ3n) is 4.49. The van der Waals surface area contributed by atoms with Crippen molar-refractivity contribution in [2.45, 2.75) is 32.1 Å². The molecule has 2 fully saturated rings. The smallest absolute Gasteiger partial charge is 0.226 e. The third kappa shape index (κ3) is 2.66. The van der Waals surface area contributed by atoms with E-state index in [1.165, 1.54) is 0 Å². The summed E-state index contributed by atoms with van der Waals surface area (Å²) in [6.45, 7) is 1.94. The summed E-state index contributed by atoms with van der Waals surface area (Å²) in [5, 5.41) is 0. The Balaban J connectivity index is 1.89. The molecule has 1 aliphatic carbocycles. The van der Waals surface area contributed by atoms with Gasteiger partial charge in [-0.15, -0.1) is 0 Å². The first-order chi connectivity index (χ1) is 8.63. The third-order valence-corrected chi connectivity index (χ3v) is 4.49. The zero-order chi connectivity index (χ0) is 13.1. The lowest BCUT2D eigenvalue weighted by molar-refractivity contribution is -0.139. The summed E-state index contributed by atoms with van der Waals surface area (Å²) in [6.07, 6.45) is 4.57. The van der Waals surface area contributed by atoms with E-state index < -0.39 is 0 Å². The van der Waals surface area contributed by atoms with Crippen molar-refractivity contribution >= 4 is 11.8 Å². The summed E-state index contributed by atoms with van der Waals surface area (Å²) < 4.78 is 0. The number of carbonyl (C=O) groups is 2. The number of nitrogens with two attached hydrogens (primary N) is 2. The first kappa shape index (κ1) is 13.3. The van der Waals surface area contributed by atoms with Gasteiger partial charge in [0.1, 0.15) is 0 Å². The molecule has 0 aromatic carbocycles. The van der Waals surface area contributed by atoms with Crippen LogP contribution in [-0.2, 0) is 9.59 Å². The number of likely N-dealkylation sites (tertiary alicyclic amines) is 1. The molecule has 2 unspecified atom stereocenters. The van der Waals surface area contributed by atoms with Gasteiger partial charge < -0.3 is 16.4 Å². The Morgan fingerprint density at radius 1 is 1.11 bits per heavy atom. The molecule has 2 rings (SSSR count). The van der Waals surface area contributed by atoms with Crippen LogP contribution in [0.15, 0.2) is 0 Å². The minimum Gasteiger partial charge on any atom is -0.369 e. The lowest BCUT2D eigenvalue weighted by Crippen LogP contribution is -2.45. The highest BCUT2D eigenvalue weighted by molar-refractivity contribution is 5.80. The van der Waals surface area contributed by atoms with Crippen molar-refractivity contribution in [2.24, 2.45) is 29.2 Å². The second kappa shape index (κ2) is 5.69. The van der Waals surface area contributed by atoms with Crippen molar-refractivity contribution in [1.29, 1.82) is 0 Å². The van der Waals surface area contributed by atoms with Crippen molar-refractivity contribution in [2.75, 3.05) is 19.6 Å². The Labute approximate surface area is 108 Å². The summed E-state index contributed by atoms with van der Waals surface area (Å²) in [5.41, 5.74) is 11.0. The average molecular weight is 253 g/mol. The minimum absolute atomic E-state index is 0.0528. The Morgan fingerprint density at radius 3 is 2.33 bits per heavy atom. The van der Waals surface area contributed by atoms with E-state index in [0.29, 0.717) is 38.4 Å². The van der Waals surface area contributed by atoms with E-state index in [-0.39, 0.29) is 23.7 Å². The Kier molecular flexibility index (Phi) is 4.22. The minimum atomic E-state index is -0.234. The maximum atomic E-state index is 12.4. The fourth-order valence-electron chi connectivity index (χ4n) is 3.26. The molecule has 5 heteroatoms. The molecule has 2 atom stereocenters. The molecule has 0 bridgehead atoms. The molecule has 4 N–H and O–H groups in total. The van der Waals surface area contributed by atoms with Crippen LogP contribution >= 0.6 is 0 Å². The van der Waals surface area contributed by atoms with E-state index in [2.05, 4.69) is 0 Å². The van der Waals surface area contributed by atoms with Crippen molar-refractivity contribution in [3.8, 4) is 0 Å². The molecule has 0 radical (unpaired) electrons. The molecule has 0 spiro atoms. The van der Waals surface area contributed by atoms with Gasteiger partial charge in [0.2, 0.25) is 11.8 Å². The molecule has 1 saturated carbocycles. The molecule has 18 heavy (non-hydrogen) atoms. The van der Waals surface area contributed by atoms with E-state index in [0.717, 1.165) is 19.3 Å². The van der Waals surface area contributed by atoms with Crippen LogP contribution in [0.2, 0.25) is 0 Å². The number of carbonyl (C=O) groups excluding carboxylic acids is 2. The van der Waals surface area contributed by atoms with Crippen LogP contribution in [0.25, 0.3) is 0 Å². The maximum Gasteiger partial charge on any atom is 0.226 e. The van der Waals surface area contributed by atoms with Gasteiger partial charge in [-0.05, 0) is 38.1 Å². The monoisotopic (exact) mass is 253 g/mol. The topological polar surface area (TPSA) is 89.4 Å². The van der Waals surface area contributed by atoms with E-state index in [1.54, 1.807) is 0 Å². The summed E-state index contributed by atoms with van der Waals surface area (Å²) in [6, 6.07) is 0. The Morgan fingerprint density at radius 2 is 1.78 bits per heavy atom. The highest BCUT2D eigenvalue weighted by atomic mass is 16.2. The zero-order valence-corrected chi connectivity index (χ0v) is 10.8. The van der Waals surface area contributed by atoms with Crippen LogP contribution in [0.5, 0.6) is 0 Å². The molecular formula is C13H23N3O2. The molecule has 1 heterocycles. The lowest BCUT2D eigenvalue weighted by atomic mass is 9.91. The zero-order valence-electron chi connectivity index (χ0n) is 10.8. The van der Waals surface area contributed by atoms with Crippen molar-refractivity contribution in [1.82, 2.24) is 4.90 Å². The Bertz CT molecular complexity index is 324. The number of hydrogen-bond donors (Lipinski definition) is 2. The number of nitrogens with zero attached hydrogens (tertiary/aromatic N) is 1. The van der Waals surface area contributed by atoms with E-state index in [4.69, 9.17) is 11.5 Å². The molecule has 2 amide bonds. The molecule has 102 valence electrons. The molecule has 1 aliphatic heterocycles. The first-order valence-electron chi connectivity index (χ1n) is 6.91. The van der Waals surface area contributed by atoms with Gasteiger partial charge in [0.25, 0.3) is 0 Å². The number of amides is 2. The number of hydrogen-bond acceptors (Lipinski definition) is 3. The first-order valence-corrected chi connectivity index (χ1v) is 6.91. The summed E-state index contributed by atoms with van der Waals surface area (Å²) >= 11 is 0. The second-order valence-corrected chi connectivity index (χ2v) is 5.54. The van der Waals surface area contributed by atoms with Gasteiger partial charge in [0, 0.05) is 24.9 Å². The van der Waals surface area contributed by atoms with Gasteiger partial charge >= 0.3 is 0 Å². The normalized spacial score (nSPS) is 29.5. The van der Waals surface area contributed by atoms with Crippen LogP contribution in [-0.4, -0.2) is 36.3 Å². The number of rotatable bonds is 3. The van der Waals surface area contributed by atoms with Crippen LogP contribution in [0.1, 0.15) is 32.1 Å². The quantitative estimate of drug-likeness (QED) is 0.746. The van der Waals surface area contributed by atoms with Gasteiger partial charge in [0.05, 0.1) is 0 Å². The average Bonchev–Trinajstić information content (AvgIpc) is 2.86. The fourth-order valence-corrected chi connectivity index (χ4v) is 3.26. The van der Waals surface area contributed by atoms with Crippen molar-refractivity contribution in [3.63, 3.8) is 0 Å². The predicted molar refractivity (Wildman–Crippen MR) is 68.4 cm³/mol. The van der Waals surface area contributed by atoms with Crippen LogP contribution in [0, 0.1) is 17.8 Å². The Hall–Kier alpha value is -1.10. The fraction of sp³-hybridized carbons (Fsp3) is 0.846. The molecular weight excluding hydrogens is 230 g/mol.